The van der Waals surface area contributed by atoms with Crippen molar-refractivity contribution in [3.8, 4) is 23.0 Å². The molecule has 1 unspecified atom stereocenters. The van der Waals surface area contributed by atoms with Gasteiger partial charge in [-0.2, -0.15) is 5.10 Å². The lowest BCUT2D eigenvalue weighted by Crippen LogP contribution is -2.22. The summed E-state index contributed by atoms with van der Waals surface area (Å²) in [6.45, 7) is 3.17. The molecule has 1 atom stereocenters. The van der Waals surface area contributed by atoms with Crippen molar-refractivity contribution in [2.45, 2.75) is 31.9 Å². The summed E-state index contributed by atoms with van der Waals surface area (Å²) in [6, 6.07) is 10.3. The van der Waals surface area contributed by atoms with E-state index >= 15 is 0 Å². The second-order valence-corrected chi connectivity index (χ2v) is 9.50. The van der Waals surface area contributed by atoms with Gasteiger partial charge in [-0.1, -0.05) is 23.6 Å². The van der Waals surface area contributed by atoms with Crippen molar-refractivity contribution < 1.29 is 13.9 Å². The average molecular weight is 510 g/mol. The normalized spacial score (nSPS) is 12.4. The Kier molecular flexibility index (Phi) is 7.01. The van der Waals surface area contributed by atoms with E-state index < -0.39 is 23.3 Å². The van der Waals surface area contributed by atoms with Crippen LogP contribution in [0.2, 0.25) is 5.02 Å². The Balaban J connectivity index is 1.93. The number of aromatic nitrogens is 3. The number of aryl methyl sites for hydroxylation is 1. The monoisotopic (exact) mass is 509 g/mol. The van der Waals surface area contributed by atoms with Gasteiger partial charge in [-0.15, -0.1) is 0 Å². The number of halogens is 3. The highest BCUT2D eigenvalue weighted by molar-refractivity contribution is 6.37. The molecule has 2 heterocycles. The van der Waals surface area contributed by atoms with Gasteiger partial charge in [0.25, 0.3) is 0 Å². The second-order valence-electron chi connectivity index (χ2n) is 9.09. The Bertz CT molecular complexity index is 1490. The van der Waals surface area contributed by atoms with Crippen LogP contribution in [0, 0.1) is 23.5 Å². The van der Waals surface area contributed by atoms with E-state index in [1.807, 2.05) is 12.1 Å². The first kappa shape index (κ1) is 25.6. The first-order valence-corrected chi connectivity index (χ1v) is 11.6. The predicted octanol–water partition coefficient (Wildman–Crippen LogP) is 4.77. The van der Waals surface area contributed by atoms with Crippen molar-refractivity contribution >= 4 is 28.3 Å². The largest absolute Gasteiger partial charge is 0.382 e. The molecule has 9 heteroatoms. The van der Waals surface area contributed by atoms with Gasteiger partial charge in [0.1, 0.15) is 22.9 Å². The molecule has 0 radical (unpaired) electrons. The van der Waals surface area contributed by atoms with Crippen LogP contribution in [0.25, 0.3) is 22.0 Å². The van der Waals surface area contributed by atoms with E-state index in [1.54, 1.807) is 44.8 Å². The van der Waals surface area contributed by atoms with Gasteiger partial charge in [-0.05, 0) is 69.1 Å². The average Bonchev–Trinajstić information content (AvgIpc) is 3.10. The fourth-order valence-electron chi connectivity index (χ4n) is 4.18. The lowest BCUT2D eigenvalue weighted by atomic mass is 9.94. The first-order chi connectivity index (χ1) is 17.0. The van der Waals surface area contributed by atoms with Crippen LogP contribution < -0.4 is 11.1 Å². The molecule has 0 saturated heterocycles. The molecule has 4 N–H and O–H groups in total. The van der Waals surface area contributed by atoms with E-state index in [-0.39, 0.29) is 6.42 Å². The SMILES string of the molecule is CNC(Cc1cc(F)cc(F)c1)c1nc(C#CC(C)(C)O)ccc1-c1ccc(Cl)c2c(N)nn(C)c12. The van der Waals surface area contributed by atoms with Crippen molar-refractivity contribution in [2.24, 2.45) is 7.05 Å². The smallest absolute Gasteiger partial charge is 0.154 e. The summed E-state index contributed by atoms with van der Waals surface area (Å²) in [6.07, 6.45) is 0.262. The summed E-state index contributed by atoms with van der Waals surface area (Å²) < 4.78 is 29.5. The number of likely N-dealkylation sites (N-methyl/N-ethyl adjacent to an activating group) is 1. The summed E-state index contributed by atoms with van der Waals surface area (Å²) in [5, 5.41) is 18.7. The van der Waals surface area contributed by atoms with Gasteiger partial charge in [0.15, 0.2) is 5.82 Å². The van der Waals surface area contributed by atoms with Crippen molar-refractivity contribution in [3.63, 3.8) is 0 Å². The highest BCUT2D eigenvalue weighted by Gasteiger charge is 2.22. The third kappa shape index (κ3) is 5.34. The Hall–Kier alpha value is -3.51. The molecular formula is C27H26ClF2N5O. The zero-order valence-electron chi connectivity index (χ0n) is 20.3. The van der Waals surface area contributed by atoms with Crippen LogP contribution in [-0.2, 0) is 13.5 Å². The maximum atomic E-state index is 13.9. The van der Waals surface area contributed by atoms with E-state index in [4.69, 9.17) is 22.3 Å². The molecule has 0 bridgehead atoms. The minimum atomic E-state index is -1.20. The summed E-state index contributed by atoms with van der Waals surface area (Å²) in [7, 11) is 3.53. The summed E-state index contributed by atoms with van der Waals surface area (Å²) in [4.78, 5) is 4.80. The van der Waals surface area contributed by atoms with Crippen LogP contribution in [0.15, 0.2) is 42.5 Å². The van der Waals surface area contributed by atoms with Crippen LogP contribution in [0.4, 0.5) is 14.6 Å². The van der Waals surface area contributed by atoms with E-state index in [0.29, 0.717) is 33.2 Å². The molecule has 186 valence electrons. The summed E-state index contributed by atoms with van der Waals surface area (Å²) in [5.74, 6) is 4.69. The maximum absolute atomic E-state index is 13.9. The van der Waals surface area contributed by atoms with Gasteiger partial charge in [-0.3, -0.25) is 4.68 Å². The Morgan fingerprint density at radius 2 is 1.81 bits per heavy atom. The van der Waals surface area contributed by atoms with Gasteiger partial charge in [0, 0.05) is 24.2 Å². The lowest BCUT2D eigenvalue weighted by Gasteiger charge is -2.21. The molecular weight excluding hydrogens is 484 g/mol. The number of aliphatic hydroxyl groups is 1. The molecule has 2 aromatic heterocycles. The molecule has 4 rings (SSSR count). The minimum Gasteiger partial charge on any atom is -0.382 e. The van der Waals surface area contributed by atoms with Crippen LogP contribution in [0.1, 0.15) is 36.8 Å². The van der Waals surface area contributed by atoms with Crippen molar-refractivity contribution in [1.29, 1.82) is 0 Å². The Morgan fingerprint density at radius 3 is 2.44 bits per heavy atom. The molecule has 2 aromatic carbocycles. The molecule has 0 saturated carbocycles. The van der Waals surface area contributed by atoms with Gasteiger partial charge < -0.3 is 16.2 Å². The van der Waals surface area contributed by atoms with Gasteiger partial charge in [-0.25, -0.2) is 13.8 Å². The van der Waals surface area contributed by atoms with Crippen LogP contribution in [0.3, 0.4) is 0 Å². The topological polar surface area (TPSA) is 89.0 Å². The van der Waals surface area contributed by atoms with Crippen LogP contribution >= 0.6 is 11.6 Å². The lowest BCUT2D eigenvalue weighted by molar-refractivity contribution is 0.143. The molecule has 0 aliphatic carbocycles. The number of hydrogen-bond acceptors (Lipinski definition) is 5. The highest BCUT2D eigenvalue weighted by atomic mass is 35.5. The Labute approximate surface area is 213 Å². The third-order valence-electron chi connectivity index (χ3n) is 5.72. The molecule has 0 fully saturated rings. The zero-order chi connectivity index (χ0) is 26.2. The van der Waals surface area contributed by atoms with E-state index in [9.17, 15) is 13.9 Å². The van der Waals surface area contributed by atoms with Crippen LogP contribution in [-0.4, -0.2) is 32.5 Å². The number of fused-ring (bicyclic) bond motifs is 1. The molecule has 6 nitrogen and oxygen atoms in total. The number of rotatable bonds is 5. The standard InChI is InChI=1S/C27H26ClF2N5O/c1-27(2,36)10-9-18-5-6-19(20-7-8-21(28)23-25(20)35(4)34-26(23)31)24(33-18)22(32-3)13-15-11-16(29)14-17(30)12-15/h5-8,11-12,14,22,32,36H,13H2,1-4H3,(H2,31,34). The molecule has 0 aliphatic heterocycles. The number of benzene rings is 2. The number of nitrogens with two attached hydrogens (primary N) is 1. The number of pyridine rings is 1. The second kappa shape index (κ2) is 9.86. The van der Waals surface area contributed by atoms with E-state index in [0.717, 1.165) is 22.7 Å². The van der Waals surface area contributed by atoms with E-state index in [1.165, 1.54) is 12.1 Å². The van der Waals surface area contributed by atoms with Gasteiger partial charge in [0.05, 0.1) is 27.7 Å². The molecule has 0 spiro atoms. The van der Waals surface area contributed by atoms with Crippen molar-refractivity contribution in [1.82, 2.24) is 20.1 Å². The third-order valence-corrected chi connectivity index (χ3v) is 6.03. The summed E-state index contributed by atoms with van der Waals surface area (Å²) >= 11 is 6.44. The highest BCUT2D eigenvalue weighted by Crippen LogP contribution is 2.38. The predicted molar refractivity (Wildman–Crippen MR) is 138 cm³/mol. The van der Waals surface area contributed by atoms with Crippen molar-refractivity contribution in [2.75, 3.05) is 12.8 Å². The quantitative estimate of drug-likeness (QED) is 0.337. The number of anilines is 1. The van der Waals surface area contributed by atoms with E-state index in [2.05, 4.69) is 22.3 Å². The molecule has 0 amide bonds. The maximum Gasteiger partial charge on any atom is 0.154 e. The number of nitrogen functional groups attached to an aromatic ring is 1. The van der Waals surface area contributed by atoms with Crippen molar-refractivity contribution in [3.05, 3.63) is 76.1 Å². The molecule has 4 aromatic rings. The Morgan fingerprint density at radius 1 is 1.14 bits per heavy atom. The number of nitrogens with one attached hydrogen (secondary N) is 1. The number of hydrogen-bond donors (Lipinski definition) is 3. The fraction of sp³-hybridized carbons (Fsp3) is 0.259. The summed E-state index contributed by atoms with van der Waals surface area (Å²) in [5.41, 5.74) is 8.71. The zero-order valence-corrected chi connectivity index (χ0v) is 21.1. The number of nitrogens with zero attached hydrogens (tertiary/aromatic N) is 3. The first-order valence-electron chi connectivity index (χ1n) is 11.3. The molecule has 36 heavy (non-hydrogen) atoms. The molecule has 0 aliphatic rings. The minimum absolute atomic E-state index is 0.262. The van der Waals surface area contributed by atoms with Gasteiger partial charge >= 0.3 is 0 Å². The van der Waals surface area contributed by atoms with Gasteiger partial charge in [0.2, 0.25) is 0 Å². The fourth-order valence-corrected chi connectivity index (χ4v) is 4.43. The van der Waals surface area contributed by atoms with Crippen LogP contribution in [0.5, 0.6) is 0 Å².